The Kier molecular flexibility index (Phi) is 7.98. The molecule has 1 fully saturated rings. The predicted octanol–water partition coefficient (Wildman–Crippen LogP) is 4.11. The molecule has 1 saturated heterocycles. The molecule has 0 aliphatic carbocycles. The van der Waals surface area contributed by atoms with Gasteiger partial charge in [0, 0.05) is 32.0 Å². The van der Waals surface area contributed by atoms with E-state index in [-0.39, 0.29) is 29.7 Å². The zero-order valence-corrected chi connectivity index (χ0v) is 18.2. The quantitative estimate of drug-likeness (QED) is 0.655. The molecule has 0 spiro atoms. The van der Waals surface area contributed by atoms with Gasteiger partial charge in [0.2, 0.25) is 5.91 Å². The minimum absolute atomic E-state index is 0.0658. The number of amides is 3. The SMILES string of the molecule is CCCCNC(=O)N1C[C@H](C(=O)NCc2cccnc2)CC[C@@H]1c1ccc(F)c(C)c1. The fraction of sp³-hybridized carbons (Fsp3) is 0.458. The fourth-order valence-corrected chi connectivity index (χ4v) is 3.94. The van der Waals surface area contributed by atoms with Gasteiger partial charge in [-0.05, 0) is 55.0 Å². The Morgan fingerprint density at radius 1 is 1.23 bits per heavy atom. The molecule has 3 amide bonds. The van der Waals surface area contributed by atoms with Crippen LogP contribution in [0.5, 0.6) is 0 Å². The fourth-order valence-electron chi connectivity index (χ4n) is 3.94. The summed E-state index contributed by atoms with van der Waals surface area (Å²) in [6.45, 7) is 5.13. The third kappa shape index (κ3) is 6.03. The van der Waals surface area contributed by atoms with Gasteiger partial charge in [0.05, 0.1) is 12.0 Å². The number of nitrogens with one attached hydrogen (secondary N) is 2. The highest BCUT2D eigenvalue weighted by atomic mass is 19.1. The highest BCUT2D eigenvalue weighted by Gasteiger charge is 2.35. The largest absolute Gasteiger partial charge is 0.352 e. The van der Waals surface area contributed by atoms with Crippen molar-refractivity contribution in [2.45, 2.75) is 52.1 Å². The number of aryl methyl sites for hydroxylation is 1. The Morgan fingerprint density at radius 3 is 2.77 bits per heavy atom. The van der Waals surface area contributed by atoms with Crippen LogP contribution in [0.15, 0.2) is 42.7 Å². The van der Waals surface area contributed by atoms with Crippen molar-refractivity contribution in [2.24, 2.45) is 5.92 Å². The molecule has 1 aromatic carbocycles. The summed E-state index contributed by atoms with van der Waals surface area (Å²) in [4.78, 5) is 31.6. The molecule has 166 valence electrons. The molecule has 7 heteroatoms. The summed E-state index contributed by atoms with van der Waals surface area (Å²) >= 11 is 0. The van der Waals surface area contributed by atoms with E-state index < -0.39 is 0 Å². The Morgan fingerprint density at radius 2 is 2.06 bits per heavy atom. The number of halogens is 1. The van der Waals surface area contributed by atoms with Crippen LogP contribution in [0.25, 0.3) is 0 Å². The summed E-state index contributed by atoms with van der Waals surface area (Å²) in [5.74, 6) is -0.610. The number of rotatable bonds is 7. The van der Waals surface area contributed by atoms with Crippen molar-refractivity contribution in [2.75, 3.05) is 13.1 Å². The van der Waals surface area contributed by atoms with Crippen molar-refractivity contribution >= 4 is 11.9 Å². The molecular formula is C24H31FN4O2. The maximum atomic E-state index is 13.8. The summed E-state index contributed by atoms with van der Waals surface area (Å²) < 4.78 is 13.8. The zero-order chi connectivity index (χ0) is 22.2. The highest BCUT2D eigenvalue weighted by Crippen LogP contribution is 2.34. The normalized spacial score (nSPS) is 18.5. The molecule has 0 radical (unpaired) electrons. The van der Waals surface area contributed by atoms with Crippen LogP contribution in [0.3, 0.4) is 0 Å². The second-order valence-electron chi connectivity index (χ2n) is 8.12. The van der Waals surface area contributed by atoms with Gasteiger partial charge in [0.15, 0.2) is 0 Å². The van der Waals surface area contributed by atoms with E-state index in [0.717, 1.165) is 24.0 Å². The van der Waals surface area contributed by atoms with Crippen molar-refractivity contribution < 1.29 is 14.0 Å². The lowest BCUT2D eigenvalue weighted by molar-refractivity contribution is -0.126. The minimum atomic E-state index is -0.286. The average molecular weight is 427 g/mol. The van der Waals surface area contributed by atoms with Crippen molar-refractivity contribution in [3.8, 4) is 0 Å². The van der Waals surface area contributed by atoms with Gasteiger partial charge in [0.1, 0.15) is 5.82 Å². The number of carbonyl (C=O) groups excluding carboxylic acids is 2. The molecule has 6 nitrogen and oxygen atoms in total. The third-order valence-electron chi connectivity index (χ3n) is 5.78. The van der Waals surface area contributed by atoms with E-state index in [1.807, 2.05) is 12.1 Å². The lowest BCUT2D eigenvalue weighted by Crippen LogP contribution is -2.50. The van der Waals surface area contributed by atoms with E-state index >= 15 is 0 Å². The van der Waals surface area contributed by atoms with Gasteiger partial charge in [-0.15, -0.1) is 0 Å². The number of pyridine rings is 1. The monoisotopic (exact) mass is 426 g/mol. The summed E-state index contributed by atoms with van der Waals surface area (Å²) in [5, 5.41) is 5.93. The van der Waals surface area contributed by atoms with Gasteiger partial charge in [0.25, 0.3) is 0 Å². The van der Waals surface area contributed by atoms with Crippen LogP contribution in [0.1, 0.15) is 55.3 Å². The topological polar surface area (TPSA) is 74.3 Å². The van der Waals surface area contributed by atoms with Crippen LogP contribution >= 0.6 is 0 Å². The average Bonchev–Trinajstić information content (AvgIpc) is 2.79. The molecule has 0 bridgehead atoms. The molecule has 0 saturated carbocycles. The first-order chi connectivity index (χ1) is 15.0. The molecule has 1 aliphatic heterocycles. The summed E-state index contributed by atoms with van der Waals surface area (Å²) in [6.07, 6.45) is 6.62. The summed E-state index contributed by atoms with van der Waals surface area (Å²) in [7, 11) is 0. The maximum absolute atomic E-state index is 13.8. The van der Waals surface area contributed by atoms with Crippen LogP contribution < -0.4 is 10.6 Å². The molecule has 3 rings (SSSR count). The number of benzene rings is 1. The van der Waals surface area contributed by atoms with E-state index in [9.17, 15) is 14.0 Å². The first kappa shape index (κ1) is 22.7. The molecule has 2 heterocycles. The van der Waals surface area contributed by atoms with Crippen LogP contribution in [-0.2, 0) is 11.3 Å². The predicted molar refractivity (Wildman–Crippen MR) is 118 cm³/mol. The van der Waals surface area contributed by atoms with Gasteiger partial charge < -0.3 is 15.5 Å². The number of nitrogens with zero attached hydrogens (tertiary/aromatic N) is 2. The van der Waals surface area contributed by atoms with Crippen LogP contribution in [0.4, 0.5) is 9.18 Å². The maximum Gasteiger partial charge on any atom is 0.317 e. The molecule has 1 aromatic heterocycles. The minimum Gasteiger partial charge on any atom is -0.352 e. The van der Waals surface area contributed by atoms with E-state index in [1.54, 1.807) is 36.4 Å². The number of urea groups is 1. The van der Waals surface area contributed by atoms with E-state index in [2.05, 4.69) is 22.5 Å². The lowest BCUT2D eigenvalue weighted by atomic mass is 9.88. The van der Waals surface area contributed by atoms with Crippen molar-refractivity contribution in [3.05, 3.63) is 65.2 Å². The summed E-state index contributed by atoms with van der Waals surface area (Å²) in [6, 6.07) is 8.38. The van der Waals surface area contributed by atoms with Gasteiger partial charge >= 0.3 is 6.03 Å². The summed E-state index contributed by atoms with van der Waals surface area (Å²) in [5.41, 5.74) is 2.39. The van der Waals surface area contributed by atoms with E-state index in [4.69, 9.17) is 0 Å². The smallest absolute Gasteiger partial charge is 0.317 e. The van der Waals surface area contributed by atoms with Crippen LogP contribution in [0.2, 0.25) is 0 Å². The molecule has 31 heavy (non-hydrogen) atoms. The van der Waals surface area contributed by atoms with Crippen molar-refractivity contribution in [1.29, 1.82) is 0 Å². The Bertz CT molecular complexity index is 890. The highest BCUT2D eigenvalue weighted by molar-refractivity contribution is 5.81. The number of carbonyl (C=O) groups is 2. The Balaban J connectivity index is 1.71. The van der Waals surface area contributed by atoms with Crippen molar-refractivity contribution in [1.82, 2.24) is 20.5 Å². The number of aromatic nitrogens is 1. The van der Waals surface area contributed by atoms with Crippen molar-refractivity contribution in [3.63, 3.8) is 0 Å². The number of piperidine rings is 1. The van der Waals surface area contributed by atoms with Crippen LogP contribution in [0, 0.1) is 18.7 Å². The van der Waals surface area contributed by atoms with Gasteiger partial charge in [-0.3, -0.25) is 9.78 Å². The molecule has 2 N–H and O–H groups in total. The van der Waals surface area contributed by atoms with Gasteiger partial charge in [-0.25, -0.2) is 9.18 Å². The second-order valence-corrected chi connectivity index (χ2v) is 8.12. The lowest BCUT2D eigenvalue weighted by Gasteiger charge is -2.39. The third-order valence-corrected chi connectivity index (χ3v) is 5.78. The van der Waals surface area contributed by atoms with E-state index in [1.165, 1.54) is 6.07 Å². The number of likely N-dealkylation sites (tertiary alicyclic amines) is 1. The number of hydrogen-bond acceptors (Lipinski definition) is 3. The first-order valence-corrected chi connectivity index (χ1v) is 11.0. The second kappa shape index (κ2) is 10.9. The standard InChI is InChI=1S/C24H31FN4O2/c1-3-4-12-27-24(31)29-16-20(23(30)28-15-18-6-5-11-26-14-18)8-10-22(29)19-7-9-21(25)17(2)13-19/h5-7,9,11,13-14,20,22H,3-4,8,10,12,15-16H2,1-2H3,(H,27,31)(H,28,30)/t20-,22-/m1/s1. The molecule has 2 aromatic rings. The van der Waals surface area contributed by atoms with E-state index in [0.29, 0.717) is 38.0 Å². The Labute approximate surface area is 183 Å². The molecule has 2 atom stereocenters. The molecular weight excluding hydrogens is 395 g/mol. The van der Waals surface area contributed by atoms with Crippen LogP contribution in [-0.4, -0.2) is 34.9 Å². The van der Waals surface area contributed by atoms with Gasteiger partial charge in [-0.1, -0.05) is 31.5 Å². The first-order valence-electron chi connectivity index (χ1n) is 11.0. The van der Waals surface area contributed by atoms with Gasteiger partial charge in [-0.2, -0.15) is 0 Å². The molecule has 1 aliphatic rings. The molecule has 0 unspecified atom stereocenters. The zero-order valence-electron chi connectivity index (χ0n) is 18.2. The number of hydrogen-bond donors (Lipinski definition) is 2. The Hall–Kier alpha value is -2.96. The number of unbranched alkanes of at least 4 members (excludes halogenated alkanes) is 1.